The second-order valence-corrected chi connectivity index (χ2v) is 5.28. The fourth-order valence-electron chi connectivity index (χ4n) is 2.74. The molecule has 1 aromatic carbocycles. The van der Waals surface area contributed by atoms with Crippen LogP contribution in [0.5, 0.6) is 5.75 Å². The molecule has 1 N–H and O–H groups in total. The number of imidazole rings is 1. The van der Waals surface area contributed by atoms with E-state index in [0.717, 1.165) is 44.1 Å². The van der Waals surface area contributed by atoms with E-state index in [2.05, 4.69) is 33.1 Å². The summed E-state index contributed by atoms with van der Waals surface area (Å²) in [6.45, 7) is 2.79. The van der Waals surface area contributed by atoms with E-state index in [1.54, 1.807) is 0 Å². The van der Waals surface area contributed by atoms with Crippen LogP contribution in [0, 0.1) is 0 Å². The minimum atomic E-state index is 0.557. The van der Waals surface area contributed by atoms with E-state index in [1.807, 2.05) is 25.5 Å². The molecular formula is C16H21N3O. The lowest BCUT2D eigenvalue weighted by Gasteiger charge is -2.26. The van der Waals surface area contributed by atoms with E-state index in [1.165, 1.54) is 5.56 Å². The molecule has 1 aliphatic rings. The molecule has 4 heteroatoms. The van der Waals surface area contributed by atoms with Crippen molar-refractivity contribution in [1.82, 2.24) is 14.9 Å². The smallest absolute Gasteiger partial charge is 0.122 e. The van der Waals surface area contributed by atoms with Gasteiger partial charge in [-0.1, -0.05) is 18.2 Å². The predicted molar refractivity (Wildman–Crippen MR) is 79.1 cm³/mol. The molecule has 1 aromatic heterocycles. The maximum absolute atomic E-state index is 5.69. The van der Waals surface area contributed by atoms with Gasteiger partial charge in [0.05, 0.1) is 6.61 Å². The number of nitrogens with zero attached hydrogens (tertiary/aromatic N) is 2. The predicted octanol–water partition coefficient (Wildman–Crippen LogP) is 2.12. The molecule has 0 saturated carbocycles. The van der Waals surface area contributed by atoms with Gasteiger partial charge in [0.15, 0.2) is 0 Å². The zero-order valence-corrected chi connectivity index (χ0v) is 11.9. The molecule has 0 aliphatic carbocycles. The molecule has 20 heavy (non-hydrogen) atoms. The largest absolute Gasteiger partial charge is 0.493 e. The van der Waals surface area contributed by atoms with Gasteiger partial charge in [-0.15, -0.1) is 0 Å². The van der Waals surface area contributed by atoms with Gasteiger partial charge in [0.25, 0.3) is 0 Å². The first-order valence-corrected chi connectivity index (χ1v) is 7.23. The van der Waals surface area contributed by atoms with Crippen molar-refractivity contribution in [2.75, 3.05) is 19.7 Å². The van der Waals surface area contributed by atoms with Crippen molar-refractivity contribution in [3.8, 4) is 5.75 Å². The third-order valence-corrected chi connectivity index (χ3v) is 3.92. The molecule has 2 aromatic rings. The summed E-state index contributed by atoms with van der Waals surface area (Å²) in [5.74, 6) is 2.74. The molecule has 3 rings (SSSR count). The zero-order valence-electron chi connectivity index (χ0n) is 11.9. The highest BCUT2D eigenvalue weighted by atomic mass is 16.5. The lowest BCUT2D eigenvalue weighted by molar-refractivity contribution is 0.265. The topological polar surface area (TPSA) is 39.1 Å². The lowest BCUT2D eigenvalue weighted by atomic mass is 9.93. The first-order valence-electron chi connectivity index (χ1n) is 7.23. The Labute approximate surface area is 119 Å². The van der Waals surface area contributed by atoms with Gasteiger partial charge < -0.3 is 14.6 Å². The fourth-order valence-corrected chi connectivity index (χ4v) is 2.74. The summed E-state index contributed by atoms with van der Waals surface area (Å²) in [6.07, 6.45) is 5.90. The number of benzene rings is 1. The highest BCUT2D eigenvalue weighted by Crippen LogP contribution is 2.32. The first-order chi connectivity index (χ1) is 9.84. The van der Waals surface area contributed by atoms with E-state index in [4.69, 9.17) is 4.74 Å². The van der Waals surface area contributed by atoms with Crippen LogP contribution in [0.2, 0.25) is 0 Å². The summed E-state index contributed by atoms with van der Waals surface area (Å²) in [5, 5.41) is 3.55. The van der Waals surface area contributed by atoms with Crippen LogP contribution in [0.1, 0.15) is 23.7 Å². The van der Waals surface area contributed by atoms with Gasteiger partial charge in [-0.25, -0.2) is 4.98 Å². The SMILES string of the molecule is Cn1ccnc1CCNCC1CCOc2ccccc21. The molecule has 0 bridgehead atoms. The van der Waals surface area contributed by atoms with Crippen LogP contribution in [-0.4, -0.2) is 29.2 Å². The zero-order chi connectivity index (χ0) is 13.8. The first kappa shape index (κ1) is 13.2. The van der Waals surface area contributed by atoms with Gasteiger partial charge in [-0.2, -0.15) is 0 Å². The summed E-state index contributed by atoms with van der Waals surface area (Å²) in [5.41, 5.74) is 1.34. The monoisotopic (exact) mass is 271 g/mol. The van der Waals surface area contributed by atoms with Crippen molar-refractivity contribution in [2.45, 2.75) is 18.8 Å². The molecule has 2 heterocycles. The fraction of sp³-hybridized carbons (Fsp3) is 0.438. The van der Waals surface area contributed by atoms with E-state index in [9.17, 15) is 0 Å². The van der Waals surface area contributed by atoms with E-state index >= 15 is 0 Å². The van der Waals surface area contributed by atoms with Crippen LogP contribution in [-0.2, 0) is 13.5 Å². The minimum absolute atomic E-state index is 0.557. The second kappa shape index (κ2) is 6.09. The van der Waals surface area contributed by atoms with Crippen LogP contribution >= 0.6 is 0 Å². The van der Waals surface area contributed by atoms with Crippen LogP contribution < -0.4 is 10.1 Å². The molecule has 1 atom stereocenters. The van der Waals surface area contributed by atoms with Crippen LogP contribution in [0.3, 0.4) is 0 Å². The molecule has 0 radical (unpaired) electrons. The minimum Gasteiger partial charge on any atom is -0.493 e. The summed E-state index contributed by atoms with van der Waals surface area (Å²) >= 11 is 0. The van der Waals surface area contributed by atoms with Crippen LogP contribution in [0.25, 0.3) is 0 Å². The van der Waals surface area contributed by atoms with E-state index in [0.29, 0.717) is 5.92 Å². The van der Waals surface area contributed by atoms with Gasteiger partial charge in [-0.3, -0.25) is 0 Å². The van der Waals surface area contributed by atoms with Crippen LogP contribution in [0.4, 0.5) is 0 Å². The Hall–Kier alpha value is -1.81. The van der Waals surface area contributed by atoms with Crippen molar-refractivity contribution in [3.05, 3.63) is 48.0 Å². The Morgan fingerprint density at radius 1 is 1.40 bits per heavy atom. The Bertz CT molecular complexity index is 564. The van der Waals surface area contributed by atoms with Crippen molar-refractivity contribution < 1.29 is 4.74 Å². The molecule has 0 fully saturated rings. The third-order valence-electron chi connectivity index (χ3n) is 3.92. The van der Waals surface area contributed by atoms with Gasteiger partial charge in [0, 0.05) is 44.9 Å². The second-order valence-electron chi connectivity index (χ2n) is 5.28. The number of nitrogens with one attached hydrogen (secondary N) is 1. The van der Waals surface area contributed by atoms with Crippen LogP contribution in [0.15, 0.2) is 36.7 Å². The Morgan fingerprint density at radius 2 is 2.30 bits per heavy atom. The number of rotatable bonds is 5. The number of para-hydroxylation sites is 1. The number of ether oxygens (including phenoxy) is 1. The number of aryl methyl sites for hydroxylation is 1. The third kappa shape index (κ3) is 2.85. The Kier molecular flexibility index (Phi) is 4.02. The molecule has 4 nitrogen and oxygen atoms in total. The van der Waals surface area contributed by atoms with Crippen molar-refractivity contribution in [1.29, 1.82) is 0 Å². The molecule has 106 valence electrons. The van der Waals surface area contributed by atoms with Gasteiger partial charge in [0.1, 0.15) is 11.6 Å². The average molecular weight is 271 g/mol. The summed E-state index contributed by atoms with van der Waals surface area (Å²) in [7, 11) is 2.04. The van der Waals surface area contributed by atoms with Gasteiger partial charge in [-0.05, 0) is 18.1 Å². The highest BCUT2D eigenvalue weighted by molar-refractivity contribution is 5.37. The normalized spacial score (nSPS) is 17.6. The summed E-state index contributed by atoms with van der Waals surface area (Å²) in [4.78, 5) is 4.34. The van der Waals surface area contributed by atoms with Gasteiger partial charge in [0.2, 0.25) is 0 Å². The lowest BCUT2D eigenvalue weighted by Crippen LogP contribution is -2.27. The van der Waals surface area contributed by atoms with E-state index < -0.39 is 0 Å². The number of fused-ring (bicyclic) bond motifs is 1. The quantitative estimate of drug-likeness (QED) is 0.847. The number of hydrogen-bond donors (Lipinski definition) is 1. The Balaban J connectivity index is 1.51. The average Bonchev–Trinajstić information content (AvgIpc) is 2.89. The van der Waals surface area contributed by atoms with Crippen molar-refractivity contribution in [3.63, 3.8) is 0 Å². The maximum atomic E-state index is 5.69. The molecule has 1 aliphatic heterocycles. The maximum Gasteiger partial charge on any atom is 0.122 e. The highest BCUT2D eigenvalue weighted by Gasteiger charge is 2.20. The number of hydrogen-bond acceptors (Lipinski definition) is 3. The molecule has 0 saturated heterocycles. The molecule has 1 unspecified atom stereocenters. The number of aromatic nitrogens is 2. The van der Waals surface area contributed by atoms with Crippen molar-refractivity contribution >= 4 is 0 Å². The van der Waals surface area contributed by atoms with Crippen molar-refractivity contribution in [2.24, 2.45) is 7.05 Å². The molecular weight excluding hydrogens is 250 g/mol. The standard InChI is InChI=1S/C16H21N3O/c1-19-10-9-18-16(19)6-8-17-12-13-7-11-20-15-5-3-2-4-14(13)15/h2-5,9-10,13,17H,6-8,11-12H2,1H3. The summed E-state index contributed by atoms with van der Waals surface area (Å²) < 4.78 is 7.77. The summed E-state index contributed by atoms with van der Waals surface area (Å²) in [6, 6.07) is 8.37. The van der Waals surface area contributed by atoms with E-state index in [-0.39, 0.29) is 0 Å². The molecule has 0 spiro atoms. The Morgan fingerprint density at radius 3 is 3.15 bits per heavy atom. The molecule has 0 amide bonds. The van der Waals surface area contributed by atoms with Gasteiger partial charge >= 0.3 is 0 Å².